The Morgan fingerprint density at radius 1 is 0.871 bits per heavy atom. The van der Waals surface area contributed by atoms with Gasteiger partial charge >= 0.3 is 0 Å². The van der Waals surface area contributed by atoms with Gasteiger partial charge in [-0.25, -0.2) is 12.8 Å². The summed E-state index contributed by atoms with van der Waals surface area (Å²) >= 11 is 0. The highest BCUT2D eigenvalue weighted by Gasteiger charge is 2.29. The molecule has 0 radical (unpaired) electrons. The SMILES string of the molecule is CC(=O)Nc1cccc(NC(=O)CN(c2ccccc2F)S(=O)(=O)c2ccccc2)c1. The molecule has 7 nitrogen and oxygen atoms in total. The summed E-state index contributed by atoms with van der Waals surface area (Å²) in [4.78, 5) is 23.8. The van der Waals surface area contributed by atoms with Crippen LogP contribution in [0.5, 0.6) is 0 Å². The third kappa shape index (κ3) is 5.46. The van der Waals surface area contributed by atoms with E-state index in [2.05, 4.69) is 10.6 Å². The van der Waals surface area contributed by atoms with Crippen LogP contribution in [0, 0.1) is 5.82 Å². The minimum Gasteiger partial charge on any atom is -0.326 e. The van der Waals surface area contributed by atoms with Crippen molar-refractivity contribution in [3.05, 3.63) is 84.7 Å². The maximum Gasteiger partial charge on any atom is 0.264 e. The van der Waals surface area contributed by atoms with Crippen LogP contribution in [-0.4, -0.2) is 26.8 Å². The lowest BCUT2D eigenvalue weighted by Crippen LogP contribution is -2.38. The molecule has 3 rings (SSSR count). The van der Waals surface area contributed by atoms with E-state index in [0.717, 1.165) is 10.4 Å². The van der Waals surface area contributed by atoms with Crippen molar-refractivity contribution in [2.75, 3.05) is 21.5 Å². The van der Waals surface area contributed by atoms with Crippen molar-refractivity contribution in [2.45, 2.75) is 11.8 Å². The van der Waals surface area contributed by atoms with Gasteiger partial charge in [0.2, 0.25) is 11.8 Å². The van der Waals surface area contributed by atoms with E-state index in [0.29, 0.717) is 11.4 Å². The molecule has 0 aliphatic carbocycles. The van der Waals surface area contributed by atoms with Gasteiger partial charge in [-0.1, -0.05) is 36.4 Å². The summed E-state index contributed by atoms with van der Waals surface area (Å²) in [7, 11) is -4.21. The number of hydrogen-bond acceptors (Lipinski definition) is 4. The highest BCUT2D eigenvalue weighted by atomic mass is 32.2. The molecule has 0 unspecified atom stereocenters. The van der Waals surface area contributed by atoms with E-state index in [1.165, 1.54) is 43.3 Å². The average molecular weight is 441 g/mol. The maximum absolute atomic E-state index is 14.5. The van der Waals surface area contributed by atoms with Gasteiger partial charge in [0.25, 0.3) is 10.0 Å². The zero-order chi connectivity index (χ0) is 22.4. The fourth-order valence-corrected chi connectivity index (χ4v) is 4.33. The zero-order valence-electron chi connectivity index (χ0n) is 16.6. The number of benzene rings is 3. The number of halogens is 1. The van der Waals surface area contributed by atoms with Crippen molar-refractivity contribution in [3.63, 3.8) is 0 Å². The first-order valence-electron chi connectivity index (χ1n) is 9.27. The van der Waals surface area contributed by atoms with Crippen LogP contribution in [0.2, 0.25) is 0 Å². The summed E-state index contributed by atoms with van der Waals surface area (Å²) in [6.45, 7) is 0.703. The monoisotopic (exact) mass is 441 g/mol. The molecule has 3 aromatic rings. The van der Waals surface area contributed by atoms with E-state index in [-0.39, 0.29) is 16.5 Å². The molecule has 0 saturated carbocycles. The Labute approximate surface area is 179 Å². The van der Waals surface area contributed by atoms with E-state index in [9.17, 15) is 22.4 Å². The second-order valence-corrected chi connectivity index (χ2v) is 8.45. The van der Waals surface area contributed by atoms with Gasteiger partial charge in [-0.3, -0.25) is 13.9 Å². The van der Waals surface area contributed by atoms with Crippen LogP contribution >= 0.6 is 0 Å². The number of amides is 2. The lowest BCUT2D eigenvalue weighted by molar-refractivity contribution is -0.115. The standard InChI is InChI=1S/C22H20FN3O4S/c1-16(27)24-17-8-7-9-18(14-17)25-22(28)15-26(21-13-6-5-12-20(21)23)31(29,30)19-10-3-2-4-11-19/h2-14H,15H2,1H3,(H,24,27)(H,25,28). The van der Waals surface area contributed by atoms with Crippen molar-refractivity contribution < 1.29 is 22.4 Å². The molecule has 2 amide bonds. The van der Waals surface area contributed by atoms with Gasteiger partial charge in [0.05, 0.1) is 10.6 Å². The van der Waals surface area contributed by atoms with Gasteiger partial charge < -0.3 is 10.6 Å². The third-order valence-electron chi connectivity index (χ3n) is 4.21. The van der Waals surface area contributed by atoms with Crippen LogP contribution < -0.4 is 14.9 Å². The van der Waals surface area contributed by atoms with Crippen LogP contribution in [-0.2, 0) is 19.6 Å². The highest BCUT2D eigenvalue weighted by molar-refractivity contribution is 7.92. The first-order valence-corrected chi connectivity index (χ1v) is 10.7. The molecule has 31 heavy (non-hydrogen) atoms. The number of nitrogens with one attached hydrogen (secondary N) is 2. The predicted molar refractivity (Wildman–Crippen MR) is 117 cm³/mol. The Morgan fingerprint density at radius 3 is 2.13 bits per heavy atom. The number of rotatable bonds is 7. The van der Waals surface area contributed by atoms with Gasteiger partial charge in [0.1, 0.15) is 12.4 Å². The second-order valence-electron chi connectivity index (χ2n) is 6.59. The van der Waals surface area contributed by atoms with E-state index in [4.69, 9.17) is 0 Å². The Morgan fingerprint density at radius 2 is 1.48 bits per heavy atom. The van der Waals surface area contributed by atoms with Gasteiger partial charge in [0, 0.05) is 18.3 Å². The van der Waals surface area contributed by atoms with Crippen molar-refractivity contribution in [1.29, 1.82) is 0 Å². The van der Waals surface area contributed by atoms with Crippen LogP contribution in [0.25, 0.3) is 0 Å². The molecule has 160 valence electrons. The largest absolute Gasteiger partial charge is 0.326 e. The van der Waals surface area contributed by atoms with E-state index in [1.54, 1.807) is 36.4 Å². The fraction of sp³-hybridized carbons (Fsp3) is 0.0909. The Bertz CT molecular complexity index is 1200. The number of para-hydroxylation sites is 1. The van der Waals surface area contributed by atoms with E-state index in [1.807, 2.05) is 0 Å². The molecule has 0 spiro atoms. The summed E-state index contributed by atoms with van der Waals surface area (Å²) < 4.78 is 41.5. The first-order chi connectivity index (χ1) is 14.8. The van der Waals surface area contributed by atoms with Crippen molar-refractivity contribution in [3.8, 4) is 0 Å². The molecule has 0 fully saturated rings. The van der Waals surface area contributed by atoms with Crippen molar-refractivity contribution >= 4 is 38.9 Å². The number of carbonyl (C=O) groups excluding carboxylic acids is 2. The summed E-state index contributed by atoms with van der Waals surface area (Å²) in [6.07, 6.45) is 0. The number of hydrogen-bond donors (Lipinski definition) is 2. The summed E-state index contributed by atoms with van der Waals surface area (Å²) in [6, 6.07) is 19.2. The Balaban J connectivity index is 1.90. The molecular formula is C22H20FN3O4S. The lowest BCUT2D eigenvalue weighted by atomic mass is 10.2. The van der Waals surface area contributed by atoms with Crippen LogP contribution in [0.1, 0.15) is 6.92 Å². The zero-order valence-corrected chi connectivity index (χ0v) is 17.4. The molecule has 3 aromatic carbocycles. The Kier molecular flexibility index (Phi) is 6.66. The maximum atomic E-state index is 14.5. The number of nitrogens with zero attached hydrogens (tertiary/aromatic N) is 1. The molecule has 0 atom stereocenters. The van der Waals surface area contributed by atoms with Crippen molar-refractivity contribution in [2.24, 2.45) is 0 Å². The fourth-order valence-electron chi connectivity index (χ4n) is 2.88. The molecule has 0 aromatic heterocycles. The molecule has 0 saturated heterocycles. The summed E-state index contributed by atoms with van der Waals surface area (Å²) in [5.41, 5.74) is 0.573. The number of carbonyl (C=O) groups is 2. The summed E-state index contributed by atoms with van der Waals surface area (Å²) in [5.74, 6) is -1.73. The summed E-state index contributed by atoms with van der Waals surface area (Å²) in [5, 5.41) is 5.17. The minimum absolute atomic E-state index is 0.0706. The first kappa shape index (κ1) is 22.0. The molecule has 9 heteroatoms. The van der Waals surface area contributed by atoms with E-state index < -0.39 is 28.3 Å². The topological polar surface area (TPSA) is 95.6 Å². The molecule has 0 bridgehead atoms. The molecule has 0 aliphatic rings. The van der Waals surface area contributed by atoms with Crippen LogP contribution in [0.3, 0.4) is 0 Å². The van der Waals surface area contributed by atoms with Gasteiger partial charge in [-0.15, -0.1) is 0 Å². The quantitative estimate of drug-likeness (QED) is 0.585. The average Bonchev–Trinajstić information content (AvgIpc) is 2.73. The minimum atomic E-state index is -4.21. The van der Waals surface area contributed by atoms with Crippen molar-refractivity contribution in [1.82, 2.24) is 0 Å². The number of sulfonamides is 1. The number of anilines is 3. The predicted octanol–water partition coefficient (Wildman–Crippen LogP) is 3.62. The normalized spacial score (nSPS) is 10.9. The van der Waals surface area contributed by atoms with Gasteiger partial charge in [-0.2, -0.15) is 0 Å². The smallest absolute Gasteiger partial charge is 0.264 e. The molecule has 0 heterocycles. The van der Waals surface area contributed by atoms with Crippen LogP contribution in [0.4, 0.5) is 21.5 Å². The lowest BCUT2D eigenvalue weighted by Gasteiger charge is -2.24. The van der Waals surface area contributed by atoms with Gasteiger partial charge in [0.15, 0.2) is 0 Å². The molecule has 2 N–H and O–H groups in total. The van der Waals surface area contributed by atoms with Crippen LogP contribution in [0.15, 0.2) is 83.8 Å². The third-order valence-corrected chi connectivity index (χ3v) is 5.98. The second kappa shape index (κ2) is 9.40. The molecule has 0 aliphatic heterocycles. The van der Waals surface area contributed by atoms with Gasteiger partial charge in [-0.05, 0) is 42.5 Å². The molecular weight excluding hydrogens is 421 g/mol. The van der Waals surface area contributed by atoms with E-state index >= 15 is 0 Å². The highest BCUT2D eigenvalue weighted by Crippen LogP contribution is 2.26. The Hall–Kier alpha value is -3.72.